The lowest BCUT2D eigenvalue weighted by atomic mass is 9.73. The predicted octanol–water partition coefficient (Wildman–Crippen LogP) is 6.63. The van der Waals surface area contributed by atoms with Crippen molar-refractivity contribution in [2.75, 3.05) is 50.0 Å². The second-order valence-corrected chi connectivity index (χ2v) is 13.4. The van der Waals surface area contributed by atoms with Gasteiger partial charge in [0.1, 0.15) is 23.2 Å². The van der Waals surface area contributed by atoms with Gasteiger partial charge in [-0.2, -0.15) is 28.4 Å². The second-order valence-electron chi connectivity index (χ2n) is 13.0. The fourth-order valence-electron chi connectivity index (χ4n) is 7.44. The number of likely N-dealkylation sites (tertiary alicyclic amines) is 1. The van der Waals surface area contributed by atoms with Crippen LogP contribution >= 0.6 is 11.6 Å². The van der Waals surface area contributed by atoms with Crippen molar-refractivity contribution in [2.24, 2.45) is 11.3 Å². The van der Waals surface area contributed by atoms with Gasteiger partial charge in [0.2, 0.25) is 6.43 Å². The minimum Gasteiger partial charge on any atom is -0.463 e. The molecule has 258 valence electrons. The molecule has 3 aliphatic heterocycles. The van der Waals surface area contributed by atoms with E-state index in [0.717, 1.165) is 18.9 Å². The Labute approximate surface area is 277 Å². The van der Waals surface area contributed by atoms with Gasteiger partial charge >= 0.3 is 12.2 Å². The number of ether oxygens (including phenoxy) is 1. The maximum atomic E-state index is 16.7. The number of nitriles is 1. The van der Waals surface area contributed by atoms with Gasteiger partial charge in [0.25, 0.3) is 0 Å². The second kappa shape index (κ2) is 12.7. The van der Waals surface area contributed by atoms with E-state index in [-0.39, 0.29) is 42.9 Å². The molecule has 0 radical (unpaired) electrons. The van der Waals surface area contributed by atoms with Gasteiger partial charge in [0.05, 0.1) is 34.0 Å². The zero-order chi connectivity index (χ0) is 34.7. The van der Waals surface area contributed by atoms with Crippen molar-refractivity contribution in [3.63, 3.8) is 0 Å². The average Bonchev–Trinajstić information content (AvgIpc) is 3.35. The first kappa shape index (κ1) is 34.3. The summed E-state index contributed by atoms with van der Waals surface area (Å²) in [5.74, 6) is -3.88. The normalized spacial score (nSPS) is 24.8. The Morgan fingerprint density at radius 2 is 1.83 bits per heavy atom. The standard InChI is InChI=1S/C32H33ClF7N7O/c1-3-46-7-6-19(28(36)37)31(2,13-46)14-48-30-44-27-17(29(45-30)47-11-15-4-5-16(12-47)43-15)8-21(34)24(26(27)35)23-18(10-41)22(42)9-20(33)25(23)32(38,39)40/h8-9,15-16,19,28,43H,3-7,11-14,42H2,1-2H3/t15-,16+,19-,31+/m1/s1. The summed E-state index contributed by atoms with van der Waals surface area (Å²) in [6.45, 7) is 5.54. The predicted molar refractivity (Wildman–Crippen MR) is 166 cm³/mol. The summed E-state index contributed by atoms with van der Waals surface area (Å²) in [5.41, 5.74) is -1.16. The van der Waals surface area contributed by atoms with E-state index in [9.17, 15) is 27.2 Å². The number of anilines is 2. The molecule has 2 aromatic carbocycles. The Morgan fingerprint density at radius 3 is 2.44 bits per heavy atom. The molecular weight excluding hydrogens is 667 g/mol. The van der Waals surface area contributed by atoms with Crippen molar-refractivity contribution < 1.29 is 35.5 Å². The van der Waals surface area contributed by atoms with Crippen LogP contribution in [0.5, 0.6) is 6.01 Å². The molecule has 8 nitrogen and oxygen atoms in total. The molecule has 4 heterocycles. The van der Waals surface area contributed by atoms with E-state index in [0.29, 0.717) is 32.2 Å². The van der Waals surface area contributed by atoms with Crippen LogP contribution in [0.25, 0.3) is 22.0 Å². The lowest BCUT2D eigenvalue weighted by Crippen LogP contribution is -2.52. The Hall–Kier alpha value is -3.61. The first-order valence-electron chi connectivity index (χ1n) is 15.6. The number of hydrogen-bond donors (Lipinski definition) is 2. The van der Waals surface area contributed by atoms with Gasteiger partial charge in [-0.15, -0.1) is 0 Å². The van der Waals surface area contributed by atoms with E-state index in [4.69, 9.17) is 22.1 Å². The van der Waals surface area contributed by atoms with Gasteiger partial charge in [-0.05, 0) is 44.5 Å². The first-order chi connectivity index (χ1) is 22.6. The van der Waals surface area contributed by atoms with Crippen LogP contribution in [-0.4, -0.2) is 72.7 Å². The lowest BCUT2D eigenvalue weighted by molar-refractivity contribution is -0.137. The van der Waals surface area contributed by atoms with Crippen LogP contribution < -0.4 is 20.7 Å². The molecule has 0 saturated carbocycles. The fourth-order valence-corrected chi connectivity index (χ4v) is 7.76. The molecule has 1 aromatic heterocycles. The Kier molecular flexibility index (Phi) is 9.06. The van der Waals surface area contributed by atoms with E-state index in [1.54, 1.807) is 11.8 Å². The number of nitrogens with one attached hydrogen (secondary N) is 1. The highest BCUT2D eigenvalue weighted by Gasteiger charge is 2.45. The topological polar surface area (TPSA) is 103 Å². The summed E-state index contributed by atoms with van der Waals surface area (Å²) in [6.07, 6.45) is -5.92. The molecule has 3 N–H and O–H groups in total. The number of piperidine rings is 1. The number of nitrogens with two attached hydrogens (primary N) is 1. The number of nitrogens with zero attached hydrogens (tertiary/aromatic N) is 5. The fraction of sp³-hybridized carbons (Fsp3) is 0.531. The van der Waals surface area contributed by atoms with Crippen LogP contribution in [-0.2, 0) is 6.18 Å². The molecule has 0 spiro atoms. The molecule has 3 fully saturated rings. The van der Waals surface area contributed by atoms with Crippen LogP contribution in [0.3, 0.4) is 0 Å². The van der Waals surface area contributed by atoms with E-state index in [1.807, 2.05) is 11.8 Å². The largest absolute Gasteiger partial charge is 0.463 e. The molecule has 0 amide bonds. The van der Waals surface area contributed by atoms with Gasteiger partial charge in [-0.1, -0.05) is 25.4 Å². The molecule has 2 bridgehead atoms. The minimum absolute atomic E-state index is 0.0574. The van der Waals surface area contributed by atoms with Crippen LogP contribution in [0.15, 0.2) is 12.1 Å². The summed E-state index contributed by atoms with van der Waals surface area (Å²) < 4.78 is 110. The van der Waals surface area contributed by atoms with Gasteiger partial charge in [0, 0.05) is 54.0 Å². The number of benzene rings is 2. The van der Waals surface area contributed by atoms with E-state index in [1.165, 1.54) is 6.07 Å². The first-order valence-corrected chi connectivity index (χ1v) is 16.0. The van der Waals surface area contributed by atoms with Crippen molar-refractivity contribution in [1.29, 1.82) is 5.26 Å². The third-order valence-electron chi connectivity index (χ3n) is 9.83. The third kappa shape index (κ3) is 6.07. The highest BCUT2D eigenvalue weighted by atomic mass is 35.5. The van der Waals surface area contributed by atoms with Crippen LogP contribution in [0.4, 0.5) is 42.2 Å². The van der Waals surface area contributed by atoms with Crippen molar-refractivity contribution in [2.45, 2.75) is 57.8 Å². The quantitative estimate of drug-likeness (QED) is 0.209. The summed E-state index contributed by atoms with van der Waals surface area (Å²) >= 11 is 5.92. The highest BCUT2D eigenvalue weighted by molar-refractivity contribution is 6.32. The summed E-state index contributed by atoms with van der Waals surface area (Å²) in [6, 6.07) is 2.75. The highest BCUT2D eigenvalue weighted by Crippen LogP contribution is 2.48. The monoisotopic (exact) mass is 699 g/mol. The smallest absolute Gasteiger partial charge is 0.418 e. The molecule has 3 saturated heterocycles. The number of alkyl halides is 5. The minimum atomic E-state index is -5.23. The molecule has 0 aliphatic carbocycles. The van der Waals surface area contributed by atoms with Gasteiger partial charge in [-0.25, -0.2) is 17.6 Å². The number of piperazine rings is 1. The van der Waals surface area contributed by atoms with Crippen LogP contribution in [0, 0.1) is 34.3 Å². The van der Waals surface area contributed by atoms with Crippen LogP contribution in [0.2, 0.25) is 5.02 Å². The number of halogens is 8. The van der Waals surface area contributed by atoms with Gasteiger partial charge in [0.15, 0.2) is 5.82 Å². The number of hydrogen-bond acceptors (Lipinski definition) is 8. The molecule has 48 heavy (non-hydrogen) atoms. The van der Waals surface area contributed by atoms with Crippen molar-refractivity contribution >= 4 is 34.0 Å². The van der Waals surface area contributed by atoms with Gasteiger partial charge < -0.3 is 25.6 Å². The summed E-state index contributed by atoms with van der Waals surface area (Å²) in [5, 5.41) is 12.1. The summed E-state index contributed by atoms with van der Waals surface area (Å²) in [4.78, 5) is 12.5. The SMILES string of the molecule is CCN1CC[C@H](C(F)F)[C@](C)(COc2nc(N3C[C@H]4CC[C@@H](C3)N4)c3cc(F)c(-c4c(C#N)c(N)cc(Cl)c4C(F)(F)F)c(F)c3n2)C1. The van der Waals surface area contributed by atoms with Crippen LogP contribution in [0.1, 0.15) is 44.2 Å². The summed E-state index contributed by atoms with van der Waals surface area (Å²) in [7, 11) is 0. The number of nitrogen functional groups attached to an aromatic ring is 1. The number of rotatable bonds is 7. The molecule has 3 aromatic rings. The molecule has 4 atom stereocenters. The van der Waals surface area contributed by atoms with Crippen molar-refractivity contribution in [1.82, 2.24) is 20.2 Å². The van der Waals surface area contributed by atoms with Gasteiger partial charge in [-0.3, -0.25) is 0 Å². The molecule has 16 heteroatoms. The maximum Gasteiger partial charge on any atom is 0.418 e. The lowest BCUT2D eigenvalue weighted by Gasteiger charge is -2.45. The van der Waals surface area contributed by atoms with E-state index in [2.05, 4.69) is 15.3 Å². The molecule has 3 aliphatic rings. The Morgan fingerprint density at radius 1 is 1.15 bits per heavy atom. The molecular formula is C32H33ClF7N7O. The average molecular weight is 700 g/mol. The number of fused-ring (bicyclic) bond motifs is 3. The van der Waals surface area contributed by atoms with E-state index < -0.39 is 80.1 Å². The molecule has 6 rings (SSSR count). The zero-order valence-electron chi connectivity index (χ0n) is 26.1. The Balaban J connectivity index is 1.54. The van der Waals surface area contributed by atoms with E-state index >= 15 is 8.78 Å². The van der Waals surface area contributed by atoms with Crippen molar-refractivity contribution in [3.8, 4) is 23.2 Å². The zero-order valence-corrected chi connectivity index (χ0v) is 26.8. The Bertz CT molecular complexity index is 1770. The third-order valence-corrected chi connectivity index (χ3v) is 10.1. The maximum absolute atomic E-state index is 16.7. The number of aromatic nitrogens is 2. The molecule has 0 unspecified atom stereocenters. The van der Waals surface area contributed by atoms with Crippen molar-refractivity contribution in [3.05, 3.63) is 39.9 Å².